The van der Waals surface area contributed by atoms with Crippen LogP contribution in [0.3, 0.4) is 0 Å². The maximum atomic E-state index is 12.0. The van der Waals surface area contributed by atoms with Gasteiger partial charge in [-0.05, 0) is 24.3 Å². The number of ether oxygens (including phenoxy) is 2. The molecule has 102 valence electrons. The molecule has 20 heavy (non-hydrogen) atoms. The van der Waals surface area contributed by atoms with E-state index in [2.05, 4.69) is 10.3 Å². The molecule has 0 fully saturated rings. The van der Waals surface area contributed by atoms with Gasteiger partial charge in [-0.15, -0.1) is 0 Å². The summed E-state index contributed by atoms with van der Waals surface area (Å²) in [5.74, 6) is 1.20. The molecule has 0 saturated carbocycles. The monoisotopic (exact) mass is 270 g/mol. The van der Waals surface area contributed by atoms with Crippen molar-refractivity contribution < 1.29 is 14.3 Å². The van der Waals surface area contributed by atoms with Crippen molar-refractivity contribution in [2.45, 2.75) is 6.42 Å². The van der Waals surface area contributed by atoms with Crippen LogP contribution in [0.1, 0.15) is 16.8 Å². The number of nitrogens with zero attached hydrogens (tertiary/aromatic N) is 1. The largest absolute Gasteiger partial charge is 0.490 e. The highest BCUT2D eigenvalue weighted by atomic mass is 16.5. The molecule has 1 aromatic carbocycles. The number of rotatable bonds is 2. The molecular formula is C15H14N2O3. The molecule has 1 N–H and O–H groups in total. The van der Waals surface area contributed by atoms with E-state index in [4.69, 9.17) is 9.47 Å². The van der Waals surface area contributed by atoms with Crippen LogP contribution in [0.25, 0.3) is 0 Å². The molecule has 0 atom stereocenters. The van der Waals surface area contributed by atoms with Crippen molar-refractivity contribution in [1.29, 1.82) is 0 Å². The van der Waals surface area contributed by atoms with Crippen LogP contribution >= 0.6 is 0 Å². The molecule has 0 bridgehead atoms. The fraction of sp³-hybridized carbons (Fsp3) is 0.200. The Balaban J connectivity index is 1.78. The van der Waals surface area contributed by atoms with Crippen molar-refractivity contribution in [3.8, 4) is 11.5 Å². The lowest BCUT2D eigenvalue weighted by Crippen LogP contribution is -2.11. The number of pyridine rings is 1. The zero-order valence-corrected chi connectivity index (χ0v) is 10.8. The van der Waals surface area contributed by atoms with Crippen molar-refractivity contribution in [1.82, 2.24) is 4.98 Å². The number of amides is 1. The Morgan fingerprint density at radius 3 is 2.60 bits per heavy atom. The molecule has 0 radical (unpaired) electrons. The first-order valence-corrected chi connectivity index (χ1v) is 6.44. The highest BCUT2D eigenvalue weighted by Gasteiger charge is 2.12. The molecule has 0 unspecified atom stereocenters. The first kappa shape index (κ1) is 12.5. The minimum Gasteiger partial charge on any atom is -0.490 e. The minimum absolute atomic E-state index is 0.179. The number of carbonyl (C=O) groups is 1. The van der Waals surface area contributed by atoms with Gasteiger partial charge in [-0.1, -0.05) is 0 Å². The summed E-state index contributed by atoms with van der Waals surface area (Å²) in [6, 6.07) is 8.71. The van der Waals surface area contributed by atoms with Crippen LogP contribution in [0.4, 0.5) is 5.69 Å². The van der Waals surface area contributed by atoms with E-state index in [9.17, 15) is 4.79 Å². The van der Waals surface area contributed by atoms with Gasteiger partial charge in [0.2, 0.25) is 0 Å². The van der Waals surface area contributed by atoms with Crippen molar-refractivity contribution in [3.05, 3.63) is 48.3 Å². The van der Waals surface area contributed by atoms with Crippen molar-refractivity contribution in [2.75, 3.05) is 18.5 Å². The second kappa shape index (κ2) is 5.61. The number of anilines is 1. The molecule has 0 spiro atoms. The third-order valence-corrected chi connectivity index (χ3v) is 2.95. The lowest BCUT2D eigenvalue weighted by Gasteiger charge is -2.10. The summed E-state index contributed by atoms with van der Waals surface area (Å²) in [5, 5.41) is 2.83. The van der Waals surface area contributed by atoms with Gasteiger partial charge in [0, 0.05) is 36.1 Å². The molecule has 1 aliphatic rings. The highest BCUT2D eigenvalue weighted by molar-refractivity contribution is 6.04. The molecule has 5 heteroatoms. The minimum atomic E-state index is -0.179. The summed E-state index contributed by atoms with van der Waals surface area (Å²) in [6.45, 7) is 1.27. The molecular weight excluding hydrogens is 256 g/mol. The van der Waals surface area contributed by atoms with Crippen LogP contribution in [0.15, 0.2) is 42.7 Å². The lowest BCUT2D eigenvalue weighted by molar-refractivity contribution is 0.102. The SMILES string of the molecule is O=C(Nc1ccc2c(c1)OCCCO2)c1ccncc1. The Kier molecular flexibility index (Phi) is 3.50. The summed E-state index contributed by atoms with van der Waals surface area (Å²) >= 11 is 0. The molecule has 0 aliphatic carbocycles. The van der Waals surface area contributed by atoms with E-state index in [1.807, 2.05) is 6.07 Å². The van der Waals surface area contributed by atoms with Gasteiger partial charge in [0.25, 0.3) is 5.91 Å². The number of hydrogen-bond donors (Lipinski definition) is 1. The lowest BCUT2D eigenvalue weighted by atomic mass is 10.2. The molecule has 3 rings (SSSR count). The zero-order valence-electron chi connectivity index (χ0n) is 10.8. The van der Waals surface area contributed by atoms with E-state index < -0.39 is 0 Å². The van der Waals surface area contributed by atoms with Crippen molar-refractivity contribution in [3.63, 3.8) is 0 Å². The van der Waals surface area contributed by atoms with Gasteiger partial charge >= 0.3 is 0 Å². The fourth-order valence-corrected chi connectivity index (χ4v) is 1.95. The van der Waals surface area contributed by atoms with Crippen LogP contribution in [-0.2, 0) is 0 Å². The predicted octanol–water partition coefficient (Wildman–Crippen LogP) is 2.50. The number of nitrogens with one attached hydrogen (secondary N) is 1. The smallest absolute Gasteiger partial charge is 0.255 e. The summed E-state index contributed by atoms with van der Waals surface area (Å²) in [7, 11) is 0. The molecule has 1 aromatic heterocycles. The van der Waals surface area contributed by atoms with E-state index in [0.717, 1.165) is 6.42 Å². The third-order valence-electron chi connectivity index (χ3n) is 2.95. The fourth-order valence-electron chi connectivity index (χ4n) is 1.95. The van der Waals surface area contributed by atoms with E-state index in [0.29, 0.717) is 36.0 Å². The molecule has 1 aliphatic heterocycles. The molecule has 2 aromatic rings. The number of hydrogen-bond acceptors (Lipinski definition) is 4. The summed E-state index contributed by atoms with van der Waals surface area (Å²) in [6.07, 6.45) is 4.03. The highest BCUT2D eigenvalue weighted by Crippen LogP contribution is 2.32. The molecule has 1 amide bonds. The predicted molar refractivity (Wildman–Crippen MR) is 74.2 cm³/mol. The standard InChI is InChI=1S/C15H14N2O3/c18-15(11-4-6-16-7-5-11)17-12-2-3-13-14(10-12)20-9-1-8-19-13/h2-7,10H,1,8-9H2,(H,17,18). The maximum absolute atomic E-state index is 12.0. The molecule has 5 nitrogen and oxygen atoms in total. The molecule has 2 heterocycles. The van der Waals surface area contributed by atoms with Crippen LogP contribution < -0.4 is 14.8 Å². The average Bonchev–Trinajstić information content (AvgIpc) is 2.73. The summed E-state index contributed by atoms with van der Waals surface area (Å²) < 4.78 is 11.1. The van der Waals surface area contributed by atoms with E-state index >= 15 is 0 Å². The quantitative estimate of drug-likeness (QED) is 0.910. The summed E-state index contributed by atoms with van der Waals surface area (Å²) in [5.41, 5.74) is 1.24. The van der Waals surface area contributed by atoms with Gasteiger partial charge < -0.3 is 14.8 Å². The van der Waals surface area contributed by atoms with E-state index in [-0.39, 0.29) is 5.91 Å². The molecule has 0 saturated heterocycles. The van der Waals surface area contributed by atoms with E-state index in [1.165, 1.54) is 0 Å². The van der Waals surface area contributed by atoms with Crippen LogP contribution in [0, 0.1) is 0 Å². The zero-order chi connectivity index (χ0) is 13.8. The maximum Gasteiger partial charge on any atom is 0.255 e. The number of aromatic nitrogens is 1. The first-order valence-electron chi connectivity index (χ1n) is 6.44. The Labute approximate surface area is 116 Å². The van der Waals surface area contributed by atoms with Gasteiger partial charge in [0.05, 0.1) is 13.2 Å². The van der Waals surface area contributed by atoms with Crippen LogP contribution in [0.2, 0.25) is 0 Å². The Morgan fingerprint density at radius 1 is 1.05 bits per heavy atom. The number of fused-ring (bicyclic) bond motifs is 1. The van der Waals surface area contributed by atoms with Gasteiger partial charge in [-0.2, -0.15) is 0 Å². The second-order valence-electron chi connectivity index (χ2n) is 4.40. The normalized spacial score (nSPS) is 13.4. The Morgan fingerprint density at radius 2 is 1.80 bits per heavy atom. The van der Waals surface area contributed by atoms with Crippen molar-refractivity contribution in [2.24, 2.45) is 0 Å². The van der Waals surface area contributed by atoms with Crippen LogP contribution in [-0.4, -0.2) is 24.1 Å². The summed E-state index contributed by atoms with van der Waals surface area (Å²) in [4.78, 5) is 15.9. The Bertz CT molecular complexity index is 614. The topological polar surface area (TPSA) is 60.5 Å². The van der Waals surface area contributed by atoms with Crippen LogP contribution in [0.5, 0.6) is 11.5 Å². The number of benzene rings is 1. The second-order valence-corrected chi connectivity index (χ2v) is 4.40. The van der Waals surface area contributed by atoms with Gasteiger partial charge in [0.1, 0.15) is 0 Å². The average molecular weight is 270 g/mol. The Hall–Kier alpha value is -2.56. The van der Waals surface area contributed by atoms with Gasteiger partial charge in [0.15, 0.2) is 11.5 Å². The first-order chi connectivity index (χ1) is 9.83. The number of carbonyl (C=O) groups excluding carboxylic acids is 1. The third kappa shape index (κ3) is 2.71. The van der Waals surface area contributed by atoms with Gasteiger partial charge in [-0.25, -0.2) is 0 Å². The van der Waals surface area contributed by atoms with Crippen molar-refractivity contribution >= 4 is 11.6 Å². The van der Waals surface area contributed by atoms with Gasteiger partial charge in [-0.3, -0.25) is 9.78 Å². The van der Waals surface area contributed by atoms with E-state index in [1.54, 1.807) is 36.7 Å².